The van der Waals surface area contributed by atoms with E-state index in [1.807, 2.05) is 31.2 Å². The Morgan fingerprint density at radius 2 is 1.96 bits per heavy atom. The highest BCUT2D eigenvalue weighted by Crippen LogP contribution is 2.38. The van der Waals surface area contributed by atoms with Crippen LogP contribution in [0.15, 0.2) is 36.9 Å². The Kier molecular flexibility index (Phi) is 7.17. The van der Waals surface area contributed by atoms with Crippen molar-refractivity contribution in [2.24, 2.45) is 11.1 Å². The number of nitrogens with one attached hydrogen (secondary N) is 1. The maximum absolute atomic E-state index is 12.5. The van der Waals surface area contributed by atoms with Gasteiger partial charge in [0.15, 0.2) is 0 Å². The Bertz CT molecular complexity index is 680. The fourth-order valence-corrected chi connectivity index (χ4v) is 3.73. The first-order valence-corrected chi connectivity index (χ1v) is 9.06. The van der Waals surface area contributed by atoms with E-state index in [0.29, 0.717) is 13.0 Å². The summed E-state index contributed by atoms with van der Waals surface area (Å²) in [6, 6.07) is 7.96. The summed E-state index contributed by atoms with van der Waals surface area (Å²) in [5, 5.41) is 7.24. The fourth-order valence-electron chi connectivity index (χ4n) is 3.73. The summed E-state index contributed by atoms with van der Waals surface area (Å²) in [6.45, 7) is 2.61. The van der Waals surface area contributed by atoms with Gasteiger partial charge in [-0.05, 0) is 49.4 Å². The number of hydrogen-bond donors (Lipinski definition) is 2. The third-order valence-corrected chi connectivity index (χ3v) is 5.34. The number of hydrogen-bond acceptors (Lipinski definition) is 4. The second-order valence-corrected chi connectivity index (χ2v) is 7.16. The van der Waals surface area contributed by atoms with Crippen molar-refractivity contribution in [2.75, 3.05) is 6.54 Å². The third-order valence-electron chi connectivity index (χ3n) is 5.34. The van der Waals surface area contributed by atoms with Crippen LogP contribution in [0.2, 0.25) is 0 Å². The summed E-state index contributed by atoms with van der Waals surface area (Å²) in [4.78, 5) is 16.5. The van der Waals surface area contributed by atoms with Crippen LogP contribution in [0.25, 0.3) is 5.69 Å². The van der Waals surface area contributed by atoms with Gasteiger partial charge in [-0.15, -0.1) is 12.4 Å². The lowest BCUT2D eigenvalue weighted by atomic mass is 9.71. The number of amides is 1. The number of nitrogens with two attached hydrogens (primary N) is 1. The summed E-state index contributed by atoms with van der Waals surface area (Å²) in [5.41, 5.74) is 8.02. The summed E-state index contributed by atoms with van der Waals surface area (Å²) in [6.07, 6.45) is 9.47. The molecule has 2 aromatic rings. The van der Waals surface area contributed by atoms with Crippen molar-refractivity contribution in [1.82, 2.24) is 20.1 Å². The molecule has 7 heteroatoms. The zero-order valence-corrected chi connectivity index (χ0v) is 16.0. The number of benzene rings is 1. The Morgan fingerprint density at radius 1 is 1.27 bits per heavy atom. The second kappa shape index (κ2) is 9.14. The van der Waals surface area contributed by atoms with Crippen LogP contribution in [-0.2, 0) is 4.79 Å². The van der Waals surface area contributed by atoms with E-state index in [0.717, 1.165) is 24.1 Å². The minimum Gasteiger partial charge on any atom is -0.350 e. The largest absolute Gasteiger partial charge is 0.350 e. The highest BCUT2D eigenvalue weighted by Gasteiger charge is 2.33. The molecule has 1 fully saturated rings. The lowest BCUT2D eigenvalue weighted by molar-refractivity contribution is -0.124. The molecule has 6 nitrogen and oxygen atoms in total. The van der Waals surface area contributed by atoms with E-state index in [1.54, 1.807) is 11.0 Å². The number of carbonyl (C=O) groups excluding carboxylic acids is 1. The van der Waals surface area contributed by atoms with Crippen LogP contribution in [0.3, 0.4) is 0 Å². The van der Waals surface area contributed by atoms with Gasteiger partial charge in [0.1, 0.15) is 12.7 Å². The van der Waals surface area contributed by atoms with E-state index in [-0.39, 0.29) is 29.8 Å². The molecule has 1 amide bonds. The number of nitrogens with zero attached hydrogens (tertiary/aromatic N) is 3. The van der Waals surface area contributed by atoms with Crippen LogP contribution in [0, 0.1) is 5.41 Å². The summed E-state index contributed by atoms with van der Waals surface area (Å²) in [5.74, 6) is 0.0974. The smallest absolute Gasteiger partial charge is 0.221 e. The minimum atomic E-state index is -0.0317. The summed E-state index contributed by atoms with van der Waals surface area (Å²) < 4.78 is 1.71. The van der Waals surface area contributed by atoms with Gasteiger partial charge < -0.3 is 11.1 Å². The standard InChI is InChI=1S/C19H27N5O.ClH/c1-15(16-5-7-17(8-6-16)24-14-21-13-22-24)23-18(25)11-19(12-20)9-3-2-4-10-19;/h5-8,13-15H,2-4,9-12,20H2,1H3,(H,23,25);1H. The van der Waals surface area contributed by atoms with Crippen LogP contribution in [-0.4, -0.2) is 27.2 Å². The maximum Gasteiger partial charge on any atom is 0.221 e. The van der Waals surface area contributed by atoms with Crippen molar-refractivity contribution < 1.29 is 4.79 Å². The first kappa shape index (κ1) is 20.4. The molecule has 1 aliphatic rings. The molecule has 3 N–H and O–H groups in total. The van der Waals surface area contributed by atoms with Gasteiger partial charge in [0.25, 0.3) is 0 Å². The molecule has 0 aliphatic heterocycles. The molecule has 1 saturated carbocycles. The Hall–Kier alpha value is -1.92. The molecule has 0 bridgehead atoms. The van der Waals surface area contributed by atoms with Crippen molar-refractivity contribution in [3.05, 3.63) is 42.5 Å². The van der Waals surface area contributed by atoms with Crippen molar-refractivity contribution in [1.29, 1.82) is 0 Å². The molecule has 1 heterocycles. The fraction of sp³-hybridized carbons (Fsp3) is 0.526. The van der Waals surface area contributed by atoms with E-state index in [2.05, 4.69) is 15.4 Å². The molecule has 1 aliphatic carbocycles. The SMILES string of the molecule is CC(NC(=O)CC1(CN)CCCCC1)c1ccc(-n2cncn2)cc1.Cl. The molecule has 3 rings (SSSR count). The van der Waals surface area contributed by atoms with Crippen LogP contribution >= 0.6 is 12.4 Å². The van der Waals surface area contributed by atoms with Gasteiger partial charge >= 0.3 is 0 Å². The molecular weight excluding hydrogens is 350 g/mol. The highest BCUT2D eigenvalue weighted by molar-refractivity contribution is 5.85. The van der Waals surface area contributed by atoms with Gasteiger partial charge in [-0.1, -0.05) is 31.4 Å². The monoisotopic (exact) mass is 377 g/mol. The zero-order valence-electron chi connectivity index (χ0n) is 15.2. The number of halogens is 1. The molecule has 0 saturated heterocycles. The van der Waals surface area contributed by atoms with E-state index in [1.165, 1.54) is 25.6 Å². The molecule has 26 heavy (non-hydrogen) atoms. The Labute approximate surface area is 161 Å². The first-order chi connectivity index (χ1) is 12.1. The average molecular weight is 378 g/mol. The molecule has 1 unspecified atom stereocenters. The molecule has 1 aromatic carbocycles. The van der Waals surface area contributed by atoms with Crippen LogP contribution in [0.5, 0.6) is 0 Å². The minimum absolute atomic E-state index is 0. The van der Waals surface area contributed by atoms with Gasteiger partial charge in [-0.2, -0.15) is 5.10 Å². The quantitative estimate of drug-likeness (QED) is 0.809. The van der Waals surface area contributed by atoms with Crippen molar-refractivity contribution in [3.8, 4) is 5.69 Å². The summed E-state index contributed by atoms with van der Waals surface area (Å²) in [7, 11) is 0. The van der Waals surface area contributed by atoms with Crippen LogP contribution in [0.1, 0.15) is 57.1 Å². The van der Waals surface area contributed by atoms with E-state index in [4.69, 9.17) is 5.73 Å². The van der Waals surface area contributed by atoms with Gasteiger partial charge in [-0.25, -0.2) is 9.67 Å². The van der Waals surface area contributed by atoms with E-state index < -0.39 is 0 Å². The average Bonchev–Trinajstić information content (AvgIpc) is 3.17. The normalized spacial score (nSPS) is 17.2. The predicted octanol–water partition coefficient (Wildman–Crippen LogP) is 3.17. The molecule has 1 atom stereocenters. The number of aromatic nitrogens is 3. The maximum atomic E-state index is 12.5. The second-order valence-electron chi connectivity index (χ2n) is 7.16. The lowest BCUT2D eigenvalue weighted by Crippen LogP contribution is -2.39. The zero-order chi connectivity index (χ0) is 17.7. The molecule has 0 radical (unpaired) electrons. The van der Waals surface area contributed by atoms with Crippen molar-refractivity contribution in [2.45, 2.75) is 51.5 Å². The molecule has 142 valence electrons. The van der Waals surface area contributed by atoms with Crippen molar-refractivity contribution >= 4 is 18.3 Å². The topological polar surface area (TPSA) is 85.8 Å². The lowest BCUT2D eigenvalue weighted by Gasteiger charge is -2.36. The summed E-state index contributed by atoms with van der Waals surface area (Å²) >= 11 is 0. The predicted molar refractivity (Wildman–Crippen MR) is 104 cm³/mol. The number of rotatable bonds is 6. The van der Waals surface area contributed by atoms with Crippen LogP contribution < -0.4 is 11.1 Å². The first-order valence-electron chi connectivity index (χ1n) is 9.06. The van der Waals surface area contributed by atoms with Gasteiger partial charge in [0, 0.05) is 6.42 Å². The van der Waals surface area contributed by atoms with Crippen LogP contribution in [0.4, 0.5) is 0 Å². The van der Waals surface area contributed by atoms with Gasteiger partial charge in [0.2, 0.25) is 5.91 Å². The Balaban J connectivity index is 0.00000243. The third kappa shape index (κ3) is 4.83. The van der Waals surface area contributed by atoms with E-state index >= 15 is 0 Å². The van der Waals surface area contributed by atoms with Crippen molar-refractivity contribution in [3.63, 3.8) is 0 Å². The molecular formula is C19H28ClN5O. The van der Waals surface area contributed by atoms with E-state index in [9.17, 15) is 4.79 Å². The van der Waals surface area contributed by atoms with Gasteiger partial charge in [-0.3, -0.25) is 4.79 Å². The highest BCUT2D eigenvalue weighted by atomic mass is 35.5. The Morgan fingerprint density at radius 3 is 2.54 bits per heavy atom. The van der Waals surface area contributed by atoms with Gasteiger partial charge in [0.05, 0.1) is 11.7 Å². The number of carbonyl (C=O) groups is 1. The molecule has 0 spiro atoms. The molecule has 1 aromatic heterocycles.